The van der Waals surface area contributed by atoms with Crippen molar-refractivity contribution in [1.82, 2.24) is 0 Å². The van der Waals surface area contributed by atoms with Crippen LogP contribution in [0.2, 0.25) is 0 Å². The van der Waals surface area contributed by atoms with Gasteiger partial charge in [0.05, 0.1) is 0 Å². The summed E-state index contributed by atoms with van der Waals surface area (Å²) in [6.45, 7) is 4.55. The number of ether oxygens (including phenoxy) is 1. The molecule has 0 saturated carbocycles. The summed E-state index contributed by atoms with van der Waals surface area (Å²) < 4.78 is 17.9. The van der Waals surface area contributed by atoms with Gasteiger partial charge in [-0.05, 0) is 20.8 Å². The van der Waals surface area contributed by atoms with Gasteiger partial charge in [-0.3, -0.25) is 5.73 Å². The van der Waals surface area contributed by atoms with Crippen LogP contribution in [0.25, 0.3) is 0 Å². The molecule has 0 aromatic carbocycles. The van der Waals surface area contributed by atoms with Crippen LogP contribution in [0.4, 0.5) is 4.39 Å². The van der Waals surface area contributed by atoms with Gasteiger partial charge in [0.2, 0.25) is 5.76 Å². The van der Waals surface area contributed by atoms with Crippen LogP contribution in [-0.4, -0.2) is 28.4 Å². The smallest absolute Gasteiger partial charge is 0.365 e. The highest BCUT2D eigenvalue weighted by Gasteiger charge is 2.43. The number of carbonyl (C=O) groups excluding carboxylic acids is 1. The SMILES string of the molecule is CC(C)(C)OC(=C=O)C(N)(F)C(=O)O. The Morgan fingerprint density at radius 3 is 2.14 bits per heavy atom. The first-order valence-electron chi connectivity index (χ1n) is 3.77. The Balaban J connectivity index is 4.96. The number of aliphatic carboxylic acids is 1. The van der Waals surface area contributed by atoms with Crippen LogP contribution in [-0.2, 0) is 14.3 Å². The molecule has 1 atom stereocenters. The van der Waals surface area contributed by atoms with Crippen molar-refractivity contribution in [3.8, 4) is 0 Å². The first-order chi connectivity index (χ1) is 6.11. The van der Waals surface area contributed by atoms with Crippen molar-refractivity contribution in [2.75, 3.05) is 0 Å². The molecule has 0 bridgehead atoms. The third-order valence-corrected chi connectivity index (χ3v) is 1.14. The standard InChI is InChI=1S/C8H12FNO4/c1-7(2,3)14-5(4-11)8(9,10)6(12)13/h10H2,1-3H3,(H,12,13). The van der Waals surface area contributed by atoms with E-state index in [0.29, 0.717) is 0 Å². The Morgan fingerprint density at radius 1 is 1.50 bits per heavy atom. The maximum atomic E-state index is 13.2. The first-order valence-corrected chi connectivity index (χ1v) is 3.77. The van der Waals surface area contributed by atoms with E-state index in [0.717, 1.165) is 5.94 Å². The second-order valence-corrected chi connectivity index (χ2v) is 3.66. The Hall–Kier alpha value is -1.39. The molecule has 14 heavy (non-hydrogen) atoms. The van der Waals surface area contributed by atoms with Gasteiger partial charge in [-0.25, -0.2) is 14.0 Å². The van der Waals surface area contributed by atoms with Gasteiger partial charge in [0.25, 0.3) is 0 Å². The van der Waals surface area contributed by atoms with Gasteiger partial charge in [0.1, 0.15) is 5.60 Å². The lowest BCUT2D eigenvalue weighted by Gasteiger charge is -2.25. The van der Waals surface area contributed by atoms with Crippen LogP contribution >= 0.6 is 0 Å². The highest BCUT2D eigenvalue weighted by atomic mass is 19.1. The van der Waals surface area contributed by atoms with Crippen molar-refractivity contribution < 1.29 is 23.8 Å². The predicted octanol–water partition coefficient (Wildman–Crippen LogP) is 0.226. The number of carboxylic acid groups (broad SMARTS) is 1. The maximum Gasteiger partial charge on any atom is 0.365 e. The molecule has 0 rings (SSSR count). The van der Waals surface area contributed by atoms with E-state index in [1.54, 1.807) is 0 Å². The molecule has 0 aromatic heterocycles. The molecular weight excluding hydrogens is 193 g/mol. The largest absolute Gasteiger partial charge is 0.477 e. The monoisotopic (exact) mass is 205 g/mol. The molecule has 0 amide bonds. The lowest BCUT2D eigenvalue weighted by Crippen LogP contribution is -2.47. The van der Waals surface area contributed by atoms with Crippen molar-refractivity contribution in [1.29, 1.82) is 0 Å². The Kier molecular flexibility index (Phi) is 3.40. The van der Waals surface area contributed by atoms with Crippen LogP contribution < -0.4 is 5.73 Å². The van der Waals surface area contributed by atoms with E-state index in [9.17, 15) is 14.0 Å². The summed E-state index contributed by atoms with van der Waals surface area (Å²) in [6.07, 6.45) is 0. The molecule has 0 saturated heterocycles. The zero-order valence-corrected chi connectivity index (χ0v) is 8.13. The summed E-state index contributed by atoms with van der Waals surface area (Å²) in [5.41, 5.74) is 3.81. The molecule has 0 aliphatic carbocycles. The Bertz CT molecular complexity index is 286. The van der Waals surface area contributed by atoms with E-state index < -0.39 is 23.1 Å². The summed E-state index contributed by atoms with van der Waals surface area (Å²) in [4.78, 5) is 20.6. The second-order valence-electron chi connectivity index (χ2n) is 3.66. The minimum absolute atomic E-state index is 0.918. The quantitative estimate of drug-likeness (QED) is 0.391. The summed E-state index contributed by atoms with van der Waals surface area (Å²) >= 11 is 0. The molecular formula is C8H12FNO4. The Morgan fingerprint density at radius 2 is 1.93 bits per heavy atom. The molecule has 6 heteroatoms. The van der Waals surface area contributed by atoms with Gasteiger partial charge < -0.3 is 9.84 Å². The van der Waals surface area contributed by atoms with Crippen molar-refractivity contribution in [3.05, 3.63) is 5.76 Å². The third kappa shape index (κ3) is 3.16. The minimum atomic E-state index is -3.34. The van der Waals surface area contributed by atoms with Crippen molar-refractivity contribution in [2.45, 2.75) is 32.2 Å². The van der Waals surface area contributed by atoms with Gasteiger partial charge in [0, 0.05) is 0 Å². The molecule has 3 N–H and O–H groups in total. The van der Waals surface area contributed by atoms with Crippen LogP contribution in [0, 0.1) is 0 Å². The van der Waals surface area contributed by atoms with Gasteiger partial charge in [-0.1, -0.05) is 0 Å². The van der Waals surface area contributed by atoms with Gasteiger partial charge in [-0.2, -0.15) is 0 Å². The number of nitrogens with two attached hydrogens (primary N) is 1. The van der Waals surface area contributed by atoms with Crippen LogP contribution in [0.15, 0.2) is 5.76 Å². The molecule has 1 unspecified atom stereocenters. The van der Waals surface area contributed by atoms with E-state index in [1.807, 2.05) is 0 Å². The fourth-order valence-corrected chi connectivity index (χ4v) is 0.573. The molecule has 5 nitrogen and oxygen atoms in total. The summed E-state index contributed by atoms with van der Waals surface area (Å²) in [5.74, 6) is -5.37. The molecule has 80 valence electrons. The summed E-state index contributed by atoms with van der Waals surface area (Å²) in [7, 11) is 0. The van der Waals surface area contributed by atoms with Crippen molar-refractivity contribution >= 4 is 11.9 Å². The molecule has 0 spiro atoms. The van der Waals surface area contributed by atoms with E-state index in [-0.39, 0.29) is 0 Å². The van der Waals surface area contributed by atoms with Crippen molar-refractivity contribution in [3.63, 3.8) is 0 Å². The number of hydrogen-bond acceptors (Lipinski definition) is 4. The average molecular weight is 205 g/mol. The lowest BCUT2D eigenvalue weighted by atomic mass is 10.1. The lowest BCUT2D eigenvalue weighted by molar-refractivity contribution is -0.151. The molecule has 0 aromatic rings. The van der Waals surface area contributed by atoms with E-state index in [1.165, 1.54) is 20.8 Å². The topological polar surface area (TPSA) is 89.6 Å². The number of hydrogen-bond donors (Lipinski definition) is 2. The molecule has 0 heterocycles. The molecule has 0 aliphatic rings. The highest BCUT2D eigenvalue weighted by Crippen LogP contribution is 2.21. The van der Waals surface area contributed by atoms with Crippen LogP contribution in [0.5, 0.6) is 0 Å². The third-order valence-electron chi connectivity index (χ3n) is 1.14. The zero-order chi connectivity index (χ0) is 11.6. The Labute approximate surface area is 80.3 Å². The predicted molar refractivity (Wildman–Crippen MR) is 45.7 cm³/mol. The van der Waals surface area contributed by atoms with Gasteiger partial charge in [0.15, 0.2) is 5.94 Å². The number of carbonyl (C=O) groups is 1. The number of rotatable bonds is 3. The van der Waals surface area contributed by atoms with E-state index in [2.05, 4.69) is 0 Å². The zero-order valence-electron chi connectivity index (χ0n) is 8.13. The van der Waals surface area contributed by atoms with Crippen molar-refractivity contribution in [2.24, 2.45) is 5.73 Å². The average Bonchev–Trinajstić information content (AvgIpc) is 1.97. The summed E-state index contributed by atoms with van der Waals surface area (Å²) in [5, 5.41) is 8.36. The molecule has 0 radical (unpaired) electrons. The van der Waals surface area contributed by atoms with E-state index in [4.69, 9.17) is 15.6 Å². The van der Waals surface area contributed by atoms with Crippen LogP contribution in [0.3, 0.4) is 0 Å². The minimum Gasteiger partial charge on any atom is -0.477 e. The molecule has 0 fully saturated rings. The number of carboxylic acids is 1. The van der Waals surface area contributed by atoms with E-state index >= 15 is 0 Å². The summed E-state index contributed by atoms with van der Waals surface area (Å²) in [6, 6.07) is 0. The normalized spacial score (nSPS) is 15.2. The van der Waals surface area contributed by atoms with Gasteiger partial charge >= 0.3 is 11.8 Å². The fraction of sp³-hybridized carbons (Fsp3) is 0.625. The van der Waals surface area contributed by atoms with Gasteiger partial charge in [-0.15, -0.1) is 0 Å². The van der Waals surface area contributed by atoms with Crippen LogP contribution in [0.1, 0.15) is 20.8 Å². The maximum absolute atomic E-state index is 13.2. The first kappa shape index (κ1) is 12.6. The second kappa shape index (κ2) is 3.77. The number of halogens is 1. The molecule has 0 aliphatic heterocycles. The highest BCUT2D eigenvalue weighted by molar-refractivity contribution is 5.83. The fourth-order valence-electron chi connectivity index (χ4n) is 0.573. The number of alkyl halides is 1.